The van der Waals surface area contributed by atoms with E-state index in [4.69, 9.17) is 9.47 Å². The highest BCUT2D eigenvalue weighted by Gasteiger charge is 2.43. The van der Waals surface area contributed by atoms with Crippen molar-refractivity contribution < 1.29 is 136 Å². The predicted octanol–water partition coefficient (Wildman–Crippen LogP) is 7.10. The number of ketones is 1. The first-order chi connectivity index (χ1) is 41.7. The first-order valence-corrected chi connectivity index (χ1v) is 28.9. The van der Waals surface area contributed by atoms with E-state index in [1.165, 1.54) is 34.4 Å². The number of carboxylic acid groups (broad SMARTS) is 5. The second-order valence-corrected chi connectivity index (χ2v) is 23.2. The molecule has 3 saturated carbocycles. The summed E-state index contributed by atoms with van der Waals surface area (Å²) in [6, 6.07) is 12.5. The largest absolute Gasteiger partial charge is 0.550 e. The number of fused-ring (bicyclic) bond motifs is 2. The van der Waals surface area contributed by atoms with Crippen molar-refractivity contribution in [2.45, 2.75) is 237 Å². The standard InChI is InChI=1S/C16H26.C12H16F2O4.C11H16F2O4.C11H10F2O4.C6H8F2O4.C6H8F2O3/c1-10(2)14-8-15(11(3)4)13(7)16(9-14)12(5)6;13-12(14,5-10(15)16)6-11(17)18-9-4-7-1-2-8(9)3-7;2*12-11(13,6-9(14)15)7-10(16)17-8-4-2-1-3-5-8;1-12-5(11)3-6(7,8)2-4(9)10;1-4(9)2-6(7,8)3-5(10)11/h8-12H,1-7H3;7-9H,1-6H2,(H,15,16);8H,1-7H2,(H,14,15);1-5H,6-7H2,(H,14,15);2-3H2,1H3,(H,9,10);2-3H2,1H3,(H,10,11)/p-5. The number of aliphatic carboxylic acids is 5. The summed E-state index contributed by atoms with van der Waals surface area (Å²) in [5, 5.41) is 49.6. The SMILES string of the molecule is CC(=O)CC(F)(F)CC(=O)[O-].COC(=O)CC(F)(F)CC(=O)[O-].Cc1c(C(C)C)cc(C(C)C)cc1C(C)C.O=C([O-])CC(F)(F)CC(=O)OC1CC2CCC1C2.O=C([O-])CC(F)(F)CC(=O)OC1CCCCC1.O=C([O-])CC(F)(F)CC(=O)Oc1ccccc1. The highest BCUT2D eigenvalue weighted by atomic mass is 19.3. The van der Waals surface area contributed by atoms with E-state index in [0.29, 0.717) is 42.4 Å². The summed E-state index contributed by atoms with van der Waals surface area (Å²) < 4.78 is 146. The van der Waals surface area contributed by atoms with Crippen LogP contribution in [-0.4, -0.2) is 108 Å². The molecule has 3 aliphatic rings. The van der Waals surface area contributed by atoms with Crippen molar-refractivity contribution in [2.75, 3.05) is 7.11 Å². The Morgan fingerprint density at radius 1 is 0.473 bits per heavy atom. The van der Waals surface area contributed by atoms with Crippen molar-refractivity contribution in [1.29, 1.82) is 0 Å². The zero-order chi connectivity index (χ0) is 70.4. The van der Waals surface area contributed by atoms with Crippen LogP contribution in [0, 0.1) is 18.8 Å². The lowest BCUT2D eigenvalue weighted by molar-refractivity contribution is -0.312. The third-order valence-electron chi connectivity index (χ3n) is 13.6. The fourth-order valence-electron chi connectivity index (χ4n) is 9.57. The molecule has 2 aromatic carbocycles. The van der Waals surface area contributed by atoms with Gasteiger partial charge in [0.1, 0.15) is 49.4 Å². The number of alkyl halides is 10. The Hall–Kier alpha value is -7.36. The molecule has 2 aromatic rings. The number of esters is 4. The summed E-state index contributed by atoms with van der Waals surface area (Å²) >= 11 is 0. The van der Waals surface area contributed by atoms with Gasteiger partial charge < -0.3 is 68.5 Å². The van der Waals surface area contributed by atoms with Crippen LogP contribution in [0.5, 0.6) is 5.75 Å². The Kier molecular flexibility index (Phi) is 36.0. The van der Waals surface area contributed by atoms with Crippen molar-refractivity contribution in [1.82, 2.24) is 0 Å². The van der Waals surface area contributed by atoms with Gasteiger partial charge in [0.15, 0.2) is 0 Å². The molecule has 91 heavy (non-hydrogen) atoms. The number of rotatable bonds is 26. The Morgan fingerprint density at radius 2 is 0.846 bits per heavy atom. The summed E-state index contributed by atoms with van der Waals surface area (Å²) in [7, 11) is 0.942. The van der Waals surface area contributed by atoms with Crippen molar-refractivity contribution in [3.8, 4) is 5.75 Å². The van der Waals surface area contributed by atoms with Crippen LogP contribution in [0.25, 0.3) is 0 Å². The smallest absolute Gasteiger partial charge is 0.317 e. The molecule has 0 aromatic heterocycles. The molecule has 19 nitrogen and oxygen atoms in total. The number of carbonyl (C=O) groups excluding carboxylic acids is 10. The second kappa shape index (κ2) is 39.1. The Balaban J connectivity index is 0.00000108. The zero-order valence-electron chi connectivity index (χ0n) is 52.1. The maximum atomic E-state index is 13.1. The van der Waals surface area contributed by atoms with Crippen LogP contribution < -0.4 is 30.3 Å². The topological polar surface area (TPSA) is 323 Å². The minimum Gasteiger partial charge on any atom is -0.550 e. The van der Waals surface area contributed by atoms with Crippen molar-refractivity contribution >= 4 is 59.5 Å². The van der Waals surface area contributed by atoms with Crippen LogP contribution in [-0.2, 0) is 62.2 Å². The first kappa shape index (κ1) is 83.6. The lowest BCUT2D eigenvalue weighted by Crippen LogP contribution is -2.34. The minimum absolute atomic E-state index is 0.127. The molecule has 5 rings (SSSR count). The summed E-state index contributed by atoms with van der Waals surface area (Å²) in [6.07, 6.45) is -5.61. The second-order valence-electron chi connectivity index (χ2n) is 23.2. The van der Waals surface area contributed by atoms with Gasteiger partial charge in [0.2, 0.25) is 0 Å². The molecular weight excluding hydrogens is 1240 g/mol. The van der Waals surface area contributed by atoms with Gasteiger partial charge in [-0.25, -0.2) is 43.9 Å². The Labute approximate surface area is 520 Å². The van der Waals surface area contributed by atoms with Crippen molar-refractivity contribution in [3.05, 3.63) is 64.7 Å². The predicted molar refractivity (Wildman–Crippen MR) is 292 cm³/mol. The molecule has 3 fully saturated rings. The third-order valence-corrected chi connectivity index (χ3v) is 13.6. The van der Waals surface area contributed by atoms with E-state index in [9.17, 15) is 117 Å². The van der Waals surface area contributed by atoms with Gasteiger partial charge in [-0.05, 0) is 129 Å². The monoisotopic (exact) mass is 1320 g/mol. The summed E-state index contributed by atoms with van der Waals surface area (Å²) in [5.41, 5.74) is 6.03. The number of benzene rings is 2. The van der Waals surface area contributed by atoms with Gasteiger partial charge >= 0.3 is 23.9 Å². The average Bonchev–Trinajstić information content (AvgIpc) is 1.83. The van der Waals surface area contributed by atoms with Crippen molar-refractivity contribution in [3.63, 3.8) is 0 Å². The summed E-state index contributed by atoms with van der Waals surface area (Å²) in [5.74, 6) is -29.6. The Morgan fingerprint density at radius 3 is 1.18 bits per heavy atom. The maximum Gasteiger partial charge on any atom is 0.317 e. The number of ether oxygens (including phenoxy) is 4. The summed E-state index contributed by atoms with van der Waals surface area (Å²) in [4.78, 5) is 104. The third kappa shape index (κ3) is 38.8. The van der Waals surface area contributed by atoms with E-state index < -0.39 is 153 Å². The van der Waals surface area contributed by atoms with Gasteiger partial charge in [0.05, 0.1) is 45.6 Å². The molecule has 0 amide bonds. The molecule has 0 saturated heterocycles. The lowest BCUT2D eigenvalue weighted by atomic mass is 9.85. The molecule has 29 heteroatoms. The number of halogens is 10. The lowest BCUT2D eigenvalue weighted by Gasteiger charge is -2.23. The fraction of sp³-hybridized carbons (Fsp3) is 0.645. The summed E-state index contributed by atoms with van der Waals surface area (Å²) in [6.45, 7) is 17.0. The van der Waals surface area contributed by atoms with E-state index in [-0.39, 0.29) is 18.0 Å². The average molecular weight is 1320 g/mol. The van der Waals surface area contributed by atoms with Gasteiger partial charge in [0, 0.05) is 29.8 Å². The van der Waals surface area contributed by atoms with E-state index in [1.807, 2.05) is 0 Å². The van der Waals surface area contributed by atoms with Crippen molar-refractivity contribution in [2.24, 2.45) is 11.8 Å². The van der Waals surface area contributed by atoms with E-state index in [0.717, 1.165) is 59.0 Å². The number of para-hydroxylation sites is 1. The quantitative estimate of drug-likeness (QED) is 0.0392. The zero-order valence-corrected chi connectivity index (χ0v) is 52.1. The maximum absolute atomic E-state index is 13.1. The van der Waals surface area contributed by atoms with Gasteiger partial charge in [-0.3, -0.25) is 24.0 Å². The van der Waals surface area contributed by atoms with Crippen LogP contribution in [0.2, 0.25) is 0 Å². The molecular formula is C62H79F10O19-5. The molecule has 0 spiro atoms. The van der Waals surface area contributed by atoms with E-state index >= 15 is 0 Å². The normalized spacial score (nSPS) is 16.3. The number of methoxy groups -OCH3 is 1. The Bertz CT molecular complexity index is 2650. The molecule has 0 heterocycles. The number of carboxylic acids is 5. The number of carbonyl (C=O) groups is 10. The molecule has 0 aliphatic heterocycles. The van der Waals surface area contributed by atoms with E-state index in [1.54, 1.807) is 18.2 Å². The van der Waals surface area contributed by atoms with E-state index in [2.05, 4.69) is 70.1 Å². The van der Waals surface area contributed by atoms with Crippen LogP contribution in [0.3, 0.4) is 0 Å². The fourth-order valence-corrected chi connectivity index (χ4v) is 9.57. The number of hydrogen-bond donors (Lipinski definition) is 0. The van der Waals surface area contributed by atoms with Crippen LogP contribution in [0.4, 0.5) is 43.9 Å². The van der Waals surface area contributed by atoms with Crippen LogP contribution in [0.1, 0.15) is 210 Å². The first-order valence-electron chi connectivity index (χ1n) is 28.9. The molecule has 2 bridgehead atoms. The van der Waals surface area contributed by atoms with Gasteiger partial charge in [-0.15, -0.1) is 0 Å². The molecule has 3 aliphatic carbocycles. The highest BCUT2D eigenvalue weighted by molar-refractivity contribution is 5.78. The number of hydrogen-bond acceptors (Lipinski definition) is 19. The van der Waals surface area contributed by atoms with Gasteiger partial charge in [0.25, 0.3) is 29.6 Å². The minimum atomic E-state index is -3.66. The van der Waals surface area contributed by atoms with Gasteiger partial charge in [-0.2, -0.15) is 0 Å². The van der Waals surface area contributed by atoms with Crippen LogP contribution in [0.15, 0.2) is 42.5 Å². The van der Waals surface area contributed by atoms with Crippen LogP contribution >= 0.6 is 0 Å². The molecule has 516 valence electrons. The highest BCUT2D eigenvalue weighted by Crippen LogP contribution is 2.46. The van der Waals surface area contributed by atoms with Gasteiger partial charge in [-0.1, -0.05) is 78.3 Å². The molecule has 3 atom stereocenters. The number of Topliss-reactive ketones (excluding diaryl/α,β-unsaturated/α-hetero) is 1. The molecule has 0 radical (unpaired) electrons. The molecule has 0 N–H and O–H groups in total. The molecule has 3 unspecified atom stereocenters.